The highest BCUT2D eigenvalue weighted by Crippen LogP contribution is 2.35. The Morgan fingerprint density at radius 2 is 2.00 bits per heavy atom. The molecule has 0 spiro atoms. The summed E-state index contributed by atoms with van der Waals surface area (Å²) in [5, 5.41) is 3.70. The van der Waals surface area contributed by atoms with Gasteiger partial charge in [-0.3, -0.25) is 4.79 Å². The Bertz CT molecular complexity index is 711. The summed E-state index contributed by atoms with van der Waals surface area (Å²) >= 11 is 0. The first-order valence-electron chi connectivity index (χ1n) is 5.85. The number of sulfone groups is 1. The number of ether oxygens (including phenoxy) is 2. The van der Waals surface area contributed by atoms with Crippen molar-refractivity contribution in [2.75, 3.05) is 18.3 Å². The molecule has 1 amide bonds. The lowest BCUT2D eigenvalue weighted by Gasteiger charge is -2.12. The molecule has 2 aliphatic heterocycles. The SMILES string of the molecule is Nc1cc2c(cc1C(=O)NC1C=CS(=O)(=O)C1)OCO2. The van der Waals surface area contributed by atoms with Crippen LogP contribution < -0.4 is 20.5 Å². The quantitative estimate of drug-likeness (QED) is 0.746. The van der Waals surface area contributed by atoms with Gasteiger partial charge in [0.25, 0.3) is 5.91 Å². The van der Waals surface area contributed by atoms with E-state index in [4.69, 9.17) is 15.2 Å². The summed E-state index contributed by atoms with van der Waals surface area (Å²) in [6.07, 6.45) is 1.44. The maximum Gasteiger partial charge on any atom is 0.254 e. The van der Waals surface area contributed by atoms with Crippen molar-refractivity contribution in [3.63, 3.8) is 0 Å². The Morgan fingerprint density at radius 3 is 2.65 bits per heavy atom. The summed E-state index contributed by atoms with van der Waals surface area (Å²) in [6.45, 7) is 0.0868. The van der Waals surface area contributed by atoms with Gasteiger partial charge in [0.1, 0.15) is 0 Å². The van der Waals surface area contributed by atoms with E-state index in [1.807, 2.05) is 0 Å². The monoisotopic (exact) mass is 296 g/mol. The van der Waals surface area contributed by atoms with Crippen LogP contribution in [-0.2, 0) is 9.84 Å². The van der Waals surface area contributed by atoms with Gasteiger partial charge < -0.3 is 20.5 Å². The van der Waals surface area contributed by atoms with E-state index in [1.165, 1.54) is 18.2 Å². The van der Waals surface area contributed by atoms with Crippen LogP contribution in [0.4, 0.5) is 5.69 Å². The molecule has 0 aliphatic carbocycles. The summed E-state index contributed by atoms with van der Waals surface area (Å²) in [5.74, 6) is 0.345. The largest absolute Gasteiger partial charge is 0.454 e. The van der Waals surface area contributed by atoms with Gasteiger partial charge in [-0.05, 0) is 12.1 Å². The van der Waals surface area contributed by atoms with Crippen LogP contribution in [0.3, 0.4) is 0 Å². The standard InChI is InChI=1S/C12H12N2O5S/c13-9-4-11-10(18-6-19-11)3-8(9)12(15)14-7-1-2-20(16,17)5-7/h1-4,7H,5-6,13H2,(H,14,15). The van der Waals surface area contributed by atoms with Gasteiger partial charge in [0.15, 0.2) is 21.3 Å². The van der Waals surface area contributed by atoms with E-state index < -0.39 is 21.8 Å². The van der Waals surface area contributed by atoms with Crippen LogP contribution in [0.15, 0.2) is 23.6 Å². The number of anilines is 1. The fourth-order valence-corrected chi connectivity index (χ4v) is 3.30. The molecule has 0 radical (unpaired) electrons. The molecule has 0 bridgehead atoms. The van der Waals surface area contributed by atoms with Crippen molar-refractivity contribution in [2.24, 2.45) is 0 Å². The fraction of sp³-hybridized carbons (Fsp3) is 0.250. The minimum Gasteiger partial charge on any atom is -0.454 e. The number of nitrogens with one attached hydrogen (secondary N) is 1. The van der Waals surface area contributed by atoms with Gasteiger partial charge in [-0.1, -0.05) is 0 Å². The minimum absolute atomic E-state index is 0.0868. The topological polar surface area (TPSA) is 108 Å². The lowest BCUT2D eigenvalue weighted by atomic mass is 10.1. The number of benzene rings is 1. The van der Waals surface area contributed by atoms with Crippen LogP contribution >= 0.6 is 0 Å². The molecule has 7 nitrogen and oxygen atoms in total. The summed E-state index contributed by atoms with van der Waals surface area (Å²) in [6, 6.07) is 2.45. The Balaban J connectivity index is 1.80. The number of nitrogens with two attached hydrogens (primary N) is 1. The van der Waals surface area contributed by atoms with Gasteiger partial charge in [0.05, 0.1) is 17.4 Å². The molecule has 3 rings (SSSR count). The molecule has 0 saturated carbocycles. The Labute approximate surface area is 115 Å². The first kappa shape index (κ1) is 12.8. The zero-order valence-corrected chi connectivity index (χ0v) is 11.1. The van der Waals surface area contributed by atoms with Gasteiger partial charge in [-0.2, -0.15) is 0 Å². The Morgan fingerprint density at radius 1 is 1.30 bits per heavy atom. The van der Waals surface area contributed by atoms with Crippen LogP contribution in [0.5, 0.6) is 11.5 Å². The molecule has 106 valence electrons. The summed E-state index contributed by atoms with van der Waals surface area (Å²) in [7, 11) is -3.21. The highest BCUT2D eigenvalue weighted by atomic mass is 32.2. The predicted octanol–water partition coefficient (Wildman–Crippen LogP) is 0.0380. The molecule has 8 heteroatoms. The lowest BCUT2D eigenvalue weighted by Crippen LogP contribution is -2.35. The van der Waals surface area contributed by atoms with Crippen LogP contribution in [0.1, 0.15) is 10.4 Å². The van der Waals surface area contributed by atoms with Crippen molar-refractivity contribution in [3.05, 3.63) is 29.2 Å². The molecule has 1 aromatic rings. The molecule has 1 unspecified atom stereocenters. The van der Waals surface area contributed by atoms with E-state index in [9.17, 15) is 13.2 Å². The lowest BCUT2D eigenvalue weighted by molar-refractivity contribution is 0.0948. The average molecular weight is 296 g/mol. The first-order chi connectivity index (χ1) is 9.44. The molecule has 1 atom stereocenters. The van der Waals surface area contributed by atoms with Crippen molar-refractivity contribution >= 4 is 21.4 Å². The number of carbonyl (C=O) groups excluding carboxylic acids is 1. The summed E-state index contributed by atoms with van der Waals surface area (Å²) < 4.78 is 32.9. The maximum atomic E-state index is 12.1. The van der Waals surface area contributed by atoms with E-state index in [0.29, 0.717) is 11.5 Å². The molecule has 1 aromatic carbocycles. The van der Waals surface area contributed by atoms with Crippen molar-refractivity contribution in [3.8, 4) is 11.5 Å². The minimum atomic E-state index is -3.21. The second kappa shape index (κ2) is 4.41. The second-order valence-electron chi connectivity index (χ2n) is 4.53. The number of nitrogen functional groups attached to an aromatic ring is 1. The molecule has 20 heavy (non-hydrogen) atoms. The third-order valence-corrected chi connectivity index (χ3v) is 4.43. The molecule has 0 saturated heterocycles. The van der Waals surface area contributed by atoms with Crippen LogP contribution in [-0.4, -0.2) is 32.9 Å². The van der Waals surface area contributed by atoms with Crippen molar-refractivity contribution in [2.45, 2.75) is 6.04 Å². The molecule has 2 aliphatic rings. The maximum absolute atomic E-state index is 12.1. The highest BCUT2D eigenvalue weighted by Gasteiger charge is 2.25. The number of fused-ring (bicyclic) bond motifs is 1. The first-order valence-corrected chi connectivity index (χ1v) is 7.57. The second-order valence-corrected chi connectivity index (χ2v) is 6.46. The van der Waals surface area contributed by atoms with E-state index in [0.717, 1.165) is 5.41 Å². The number of hydrogen-bond donors (Lipinski definition) is 2. The molecular formula is C12H12N2O5S. The van der Waals surface area contributed by atoms with Gasteiger partial charge in [-0.15, -0.1) is 0 Å². The average Bonchev–Trinajstić information content (AvgIpc) is 2.94. The van der Waals surface area contributed by atoms with Gasteiger partial charge >= 0.3 is 0 Å². The number of rotatable bonds is 2. The van der Waals surface area contributed by atoms with Gasteiger partial charge in [0, 0.05) is 17.2 Å². The third-order valence-electron chi connectivity index (χ3n) is 3.04. The van der Waals surface area contributed by atoms with Crippen LogP contribution in [0, 0.1) is 0 Å². The zero-order chi connectivity index (χ0) is 14.3. The molecule has 0 aromatic heterocycles. The van der Waals surface area contributed by atoms with Crippen molar-refractivity contribution < 1.29 is 22.7 Å². The smallest absolute Gasteiger partial charge is 0.254 e. The van der Waals surface area contributed by atoms with Crippen LogP contribution in [0.2, 0.25) is 0 Å². The van der Waals surface area contributed by atoms with Gasteiger partial charge in [-0.25, -0.2) is 8.42 Å². The van der Waals surface area contributed by atoms with Crippen molar-refractivity contribution in [1.29, 1.82) is 0 Å². The number of hydrogen-bond acceptors (Lipinski definition) is 6. The molecule has 2 heterocycles. The number of amides is 1. The summed E-state index contributed by atoms with van der Waals surface area (Å²) in [4.78, 5) is 12.1. The van der Waals surface area contributed by atoms with E-state index in [2.05, 4.69) is 5.32 Å². The molecule has 3 N–H and O–H groups in total. The third kappa shape index (κ3) is 2.29. The summed E-state index contributed by atoms with van der Waals surface area (Å²) in [5.41, 5.74) is 6.26. The molecular weight excluding hydrogens is 284 g/mol. The normalized spacial score (nSPS) is 21.9. The zero-order valence-electron chi connectivity index (χ0n) is 10.3. The van der Waals surface area contributed by atoms with E-state index in [1.54, 1.807) is 0 Å². The van der Waals surface area contributed by atoms with Gasteiger partial charge in [0.2, 0.25) is 6.79 Å². The van der Waals surface area contributed by atoms with Crippen molar-refractivity contribution in [1.82, 2.24) is 5.32 Å². The predicted molar refractivity (Wildman–Crippen MR) is 71.2 cm³/mol. The highest BCUT2D eigenvalue weighted by molar-refractivity contribution is 7.94. The Kier molecular flexibility index (Phi) is 2.82. The molecule has 0 fully saturated rings. The number of carbonyl (C=O) groups is 1. The van der Waals surface area contributed by atoms with E-state index >= 15 is 0 Å². The Hall–Kier alpha value is -2.22. The van der Waals surface area contributed by atoms with E-state index in [-0.39, 0.29) is 23.8 Å². The van der Waals surface area contributed by atoms with Crippen LogP contribution in [0.25, 0.3) is 0 Å². The fourth-order valence-electron chi connectivity index (χ4n) is 2.07.